The first-order chi connectivity index (χ1) is 18.1. The number of carbonyl (C=O) groups is 2. The molecule has 0 spiro atoms. The van der Waals surface area contributed by atoms with Gasteiger partial charge in [-0.1, -0.05) is 11.6 Å². The van der Waals surface area contributed by atoms with Gasteiger partial charge in [-0.25, -0.2) is 13.2 Å². The Labute approximate surface area is 233 Å². The number of sulfonamides is 1. The molecule has 0 aliphatic carbocycles. The molecule has 0 aliphatic rings. The number of benzene rings is 2. The highest BCUT2D eigenvalue weighted by atomic mass is 35.5. The molecule has 0 bridgehead atoms. The van der Waals surface area contributed by atoms with Crippen molar-refractivity contribution >= 4 is 45.0 Å². The molecule has 1 aromatic heterocycles. The van der Waals surface area contributed by atoms with Crippen LogP contribution in [0.2, 0.25) is 5.02 Å². The van der Waals surface area contributed by atoms with E-state index < -0.39 is 33.7 Å². The molecule has 2 aromatic carbocycles. The molecule has 0 aliphatic heterocycles. The van der Waals surface area contributed by atoms with Gasteiger partial charge in [-0.15, -0.1) is 0 Å². The van der Waals surface area contributed by atoms with Crippen LogP contribution in [0.3, 0.4) is 0 Å². The Morgan fingerprint density at radius 1 is 1.08 bits per heavy atom. The number of nitrogens with zero attached hydrogens (tertiary/aromatic N) is 1. The molecule has 210 valence electrons. The standard InChI is InChI=1S/C27H32ClN3O7S/c1-16-8-11-22(37-16)18-9-13-24(20(28)14-18)39(34,35)30-21-15-19(10-12-23(21)36-7)29-25(32)17(2)31(6)26(33)38-27(3,4)5/h8-15,17,30H,1-7H3,(H,29,32)/t17-/m0/s1. The van der Waals surface area contributed by atoms with Gasteiger partial charge in [0.05, 0.1) is 17.8 Å². The minimum Gasteiger partial charge on any atom is -0.495 e. The van der Waals surface area contributed by atoms with E-state index >= 15 is 0 Å². The predicted octanol–water partition coefficient (Wildman–Crippen LogP) is 5.91. The third-order valence-corrected chi connectivity index (χ3v) is 7.45. The van der Waals surface area contributed by atoms with Gasteiger partial charge in [0.2, 0.25) is 5.91 Å². The average molecular weight is 578 g/mol. The van der Waals surface area contributed by atoms with Gasteiger partial charge in [0.15, 0.2) is 0 Å². The Morgan fingerprint density at radius 3 is 2.33 bits per heavy atom. The van der Waals surface area contributed by atoms with Crippen LogP contribution in [-0.4, -0.2) is 51.1 Å². The van der Waals surface area contributed by atoms with Crippen molar-refractivity contribution in [3.63, 3.8) is 0 Å². The fourth-order valence-electron chi connectivity index (χ4n) is 3.44. The van der Waals surface area contributed by atoms with E-state index in [4.69, 9.17) is 25.5 Å². The van der Waals surface area contributed by atoms with Crippen molar-refractivity contribution in [2.45, 2.75) is 51.2 Å². The lowest BCUT2D eigenvalue weighted by molar-refractivity contribution is -0.120. The van der Waals surface area contributed by atoms with E-state index in [2.05, 4.69) is 10.0 Å². The summed E-state index contributed by atoms with van der Waals surface area (Å²) in [6, 6.07) is 11.6. The summed E-state index contributed by atoms with van der Waals surface area (Å²) in [4.78, 5) is 26.2. The summed E-state index contributed by atoms with van der Waals surface area (Å²) in [6.07, 6.45) is -0.654. The van der Waals surface area contributed by atoms with E-state index in [1.807, 2.05) is 0 Å². The second-order valence-electron chi connectivity index (χ2n) is 9.83. The van der Waals surface area contributed by atoms with Gasteiger partial charge in [0.1, 0.15) is 33.8 Å². The van der Waals surface area contributed by atoms with Gasteiger partial charge in [0.25, 0.3) is 10.0 Å². The molecule has 10 nitrogen and oxygen atoms in total. The predicted molar refractivity (Wildman–Crippen MR) is 150 cm³/mol. The lowest BCUT2D eigenvalue weighted by Crippen LogP contribution is -2.45. The number of carbonyl (C=O) groups excluding carboxylic acids is 2. The van der Waals surface area contributed by atoms with Crippen LogP contribution in [0.4, 0.5) is 16.2 Å². The third-order valence-electron chi connectivity index (χ3n) is 5.60. The van der Waals surface area contributed by atoms with Crippen molar-refractivity contribution in [2.24, 2.45) is 0 Å². The maximum Gasteiger partial charge on any atom is 0.410 e. The van der Waals surface area contributed by atoms with Crippen LogP contribution in [0.25, 0.3) is 11.3 Å². The maximum absolute atomic E-state index is 13.2. The second kappa shape index (κ2) is 11.6. The quantitative estimate of drug-likeness (QED) is 0.340. The summed E-state index contributed by atoms with van der Waals surface area (Å²) in [6.45, 7) is 8.53. The molecule has 0 unspecified atom stereocenters. The lowest BCUT2D eigenvalue weighted by Gasteiger charge is -2.28. The molecule has 0 fully saturated rings. The minimum absolute atomic E-state index is 0.00326. The number of halogens is 1. The molecular weight excluding hydrogens is 546 g/mol. The van der Waals surface area contributed by atoms with Gasteiger partial charge in [-0.3, -0.25) is 14.4 Å². The van der Waals surface area contributed by atoms with Crippen LogP contribution in [0.1, 0.15) is 33.5 Å². The van der Waals surface area contributed by atoms with Crippen molar-refractivity contribution in [3.8, 4) is 17.1 Å². The SMILES string of the molecule is COc1ccc(NC(=O)[C@H](C)N(C)C(=O)OC(C)(C)C)cc1NS(=O)(=O)c1ccc(-c2ccc(C)o2)cc1Cl. The highest BCUT2D eigenvalue weighted by Gasteiger charge is 2.27. The van der Waals surface area contributed by atoms with Crippen LogP contribution in [0, 0.1) is 6.92 Å². The van der Waals surface area contributed by atoms with Crippen LogP contribution in [-0.2, 0) is 19.6 Å². The van der Waals surface area contributed by atoms with E-state index in [9.17, 15) is 18.0 Å². The molecule has 0 radical (unpaired) electrons. The normalized spacial score (nSPS) is 12.4. The summed E-state index contributed by atoms with van der Waals surface area (Å²) < 4.78 is 45.2. The molecule has 2 N–H and O–H groups in total. The number of rotatable bonds is 8. The fraction of sp³-hybridized carbons (Fsp3) is 0.333. The van der Waals surface area contributed by atoms with Crippen molar-refractivity contribution in [1.82, 2.24) is 4.90 Å². The number of anilines is 2. The Morgan fingerprint density at radius 2 is 1.77 bits per heavy atom. The molecule has 3 aromatic rings. The Kier molecular flexibility index (Phi) is 8.87. The van der Waals surface area contributed by atoms with Crippen molar-refractivity contribution in [2.75, 3.05) is 24.2 Å². The first-order valence-electron chi connectivity index (χ1n) is 11.9. The summed E-state index contributed by atoms with van der Waals surface area (Å²) in [5, 5.41) is 2.68. The van der Waals surface area contributed by atoms with E-state index in [1.54, 1.807) is 58.9 Å². The highest BCUT2D eigenvalue weighted by Crippen LogP contribution is 2.34. The molecule has 1 atom stereocenters. The van der Waals surface area contributed by atoms with Gasteiger partial charge < -0.3 is 19.2 Å². The zero-order valence-corrected chi connectivity index (χ0v) is 24.4. The van der Waals surface area contributed by atoms with E-state index in [-0.39, 0.29) is 27.0 Å². The Balaban J connectivity index is 1.81. The van der Waals surface area contributed by atoms with Crippen molar-refractivity contribution in [3.05, 3.63) is 59.3 Å². The number of amides is 2. The van der Waals surface area contributed by atoms with Gasteiger partial charge in [-0.2, -0.15) is 0 Å². The van der Waals surface area contributed by atoms with Gasteiger partial charge in [0, 0.05) is 18.3 Å². The third kappa shape index (κ3) is 7.45. The van der Waals surface area contributed by atoms with E-state index in [1.165, 1.54) is 43.3 Å². The minimum atomic E-state index is -4.15. The number of methoxy groups -OCH3 is 1. The number of likely N-dealkylation sites (N-methyl/N-ethyl adjacent to an activating group) is 1. The second-order valence-corrected chi connectivity index (χ2v) is 11.9. The number of aryl methyl sites for hydroxylation is 1. The topological polar surface area (TPSA) is 127 Å². The molecule has 12 heteroatoms. The van der Waals surface area contributed by atoms with E-state index in [0.29, 0.717) is 17.1 Å². The summed E-state index contributed by atoms with van der Waals surface area (Å²) in [5.41, 5.74) is 0.257. The number of furan rings is 1. The van der Waals surface area contributed by atoms with Crippen LogP contribution >= 0.6 is 11.6 Å². The number of nitrogens with one attached hydrogen (secondary N) is 2. The molecule has 2 amide bonds. The van der Waals surface area contributed by atoms with E-state index in [0.717, 1.165) is 0 Å². The van der Waals surface area contributed by atoms with Gasteiger partial charge >= 0.3 is 6.09 Å². The first kappa shape index (κ1) is 29.9. The van der Waals surface area contributed by atoms with Crippen LogP contribution in [0.15, 0.2) is 57.8 Å². The Hall–Kier alpha value is -3.70. The van der Waals surface area contributed by atoms with Gasteiger partial charge in [-0.05, 0) is 83.1 Å². The summed E-state index contributed by atoms with van der Waals surface area (Å²) in [5.74, 6) is 0.982. The summed E-state index contributed by atoms with van der Waals surface area (Å²) >= 11 is 6.35. The van der Waals surface area contributed by atoms with Crippen LogP contribution in [0.5, 0.6) is 5.75 Å². The lowest BCUT2D eigenvalue weighted by atomic mass is 10.2. The largest absolute Gasteiger partial charge is 0.495 e. The van der Waals surface area contributed by atoms with Crippen LogP contribution < -0.4 is 14.8 Å². The Bertz CT molecular complexity index is 1480. The molecule has 0 saturated heterocycles. The number of hydrogen-bond donors (Lipinski definition) is 2. The van der Waals surface area contributed by atoms with Crippen molar-refractivity contribution < 1.29 is 31.9 Å². The number of ether oxygens (including phenoxy) is 2. The zero-order valence-electron chi connectivity index (χ0n) is 22.8. The fourth-order valence-corrected chi connectivity index (χ4v) is 5.05. The molecule has 3 rings (SSSR count). The molecule has 39 heavy (non-hydrogen) atoms. The molecular formula is C27H32ClN3O7S. The monoisotopic (exact) mass is 577 g/mol. The highest BCUT2D eigenvalue weighted by molar-refractivity contribution is 7.92. The number of hydrogen-bond acceptors (Lipinski definition) is 7. The average Bonchev–Trinajstić information content (AvgIpc) is 3.28. The maximum atomic E-state index is 13.2. The molecule has 1 heterocycles. The molecule has 0 saturated carbocycles. The van der Waals surface area contributed by atoms with Crippen molar-refractivity contribution in [1.29, 1.82) is 0 Å². The first-order valence-corrected chi connectivity index (χ1v) is 13.8. The smallest absolute Gasteiger partial charge is 0.410 e. The summed E-state index contributed by atoms with van der Waals surface area (Å²) in [7, 11) is -1.31. The zero-order chi connectivity index (χ0) is 29.1.